The Labute approximate surface area is 79.5 Å². The molecule has 1 saturated heterocycles. The third-order valence-electron chi connectivity index (χ3n) is 2.34. The van der Waals surface area contributed by atoms with Crippen molar-refractivity contribution in [2.45, 2.75) is 31.5 Å². The van der Waals surface area contributed by atoms with Gasteiger partial charge in [0.05, 0.1) is 0 Å². The Bertz CT molecular complexity index is 217. The molecule has 0 aromatic carbocycles. The van der Waals surface area contributed by atoms with Crippen LogP contribution in [-0.4, -0.2) is 41.3 Å². The molecule has 1 N–H and O–H groups in total. The van der Waals surface area contributed by atoms with Crippen molar-refractivity contribution in [3.05, 3.63) is 0 Å². The van der Waals surface area contributed by atoms with Crippen molar-refractivity contribution in [2.75, 3.05) is 13.2 Å². The van der Waals surface area contributed by atoms with Gasteiger partial charge in [0.2, 0.25) is 0 Å². The molecule has 0 bridgehead atoms. The third kappa shape index (κ3) is 2.37. The first kappa shape index (κ1) is 11.3. The van der Waals surface area contributed by atoms with E-state index in [2.05, 4.69) is 0 Å². The molecule has 1 unspecified atom stereocenters. The molecule has 0 spiro atoms. The van der Waals surface area contributed by atoms with Gasteiger partial charge in [-0.2, -0.15) is 13.2 Å². The van der Waals surface area contributed by atoms with Crippen molar-refractivity contribution in [2.24, 2.45) is 0 Å². The molecule has 1 heterocycles. The van der Waals surface area contributed by atoms with E-state index in [4.69, 9.17) is 5.11 Å². The van der Waals surface area contributed by atoms with Crippen molar-refractivity contribution in [1.82, 2.24) is 4.90 Å². The van der Waals surface area contributed by atoms with Gasteiger partial charge >= 0.3 is 12.1 Å². The topological polar surface area (TPSA) is 40.5 Å². The first-order chi connectivity index (χ1) is 6.46. The molecule has 6 heteroatoms. The second kappa shape index (κ2) is 4.16. The smallest absolute Gasteiger partial charge is 0.396 e. The zero-order valence-corrected chi connectivity index (χ0v) is 7.55. The highest BCUT2D eigenvalue weighted by Crippen LogP contribution is 2.26. The van der Waals surface area contributed by atoms with E-state index < -0.39 is 18.1 Å². The number of amides is 1. The zero-order chi connectivity index (χ0) is 10.8. The number of halogens is 3. The highest BCUT2D eigenvalue weighted by atomic mass is 19.4. The first-order valence-corrected chi connectivity index (χ1v) is 4.45. The van der Waals surface area contributed by atoms with E-state index in [1.54, 1.807) is 0 Å². The van der Waals surface area contributed by atoms with Crippen molar-refractivity contribution in [1.29, 1.82) is 0 Å². The summed E-state index contributed by atoms with van der Waals surface area (Å²) in [7, 11) is 0. The molecule has 14 heavy (non-hydrogen) atoms. The first-order valence-electron chi connectivity index (χ1n) is 4.45. The Morgan fingerprint density at radius 3 is 2.64 bits per heavy atom. The second-order valence-corrected chi connectivity index (χ2v) is 3.30. The lowest BCUT2D eigenvalue weighted by Gasteiger charge is -2.24. The van der Waals surface area contributed by atoms with E-state index in [0.717, 1.165) is 4.90 Å². The van der Waals surface area contributed by atoms with Gasteiger partial charge in [0.15, 0.2) is 0 Å². The average molecular weight is 211 g/mol. The number of carbonyl (C=O) groups excluding carboxylic acids is 1. The van der Waals surface area contributed by atoms with Crippen LogP contribution < -0.4 is 0 Å². The van der Waals surface area contributed by atoms with Gasteiger partial charge in [-0.3, -0.25) is 4.79 Å². The number of aliphatic hydroxyl groups is 1. The molecule has 1 aliphatic rings. The monoisotopic (exact) mass is 211 g/mol. The maximum Gasteiger partial charge on any atom is 0.471 e. The molecule has 0 aromatic rings. The van der Waals surface area contributed by atoms with Crippen LogP contribution in [0.2, 0.25) is 0 Å². The predicted octanol–water partition coefficient (Wildman–Crippen LogP) is 0.922. The summed E-state index contributed by atoms with van der Waals surface area (Å²) in [6.07, 6.45) is -3.45. The number of hydrogen-bond donors (Lipinski definition) is 1. The SMILES string of the molecule is O=C(N1CCCC1CCO)C(F)(F)F. The molecule has 1 rings (SSSR count). The summed E-state index contributed by atoms with van der Waals surface area (Å²) in [6, 6.07) is -0.450. The average Bonchev–Trinajstić information content (AvgIpc) is 2.50. The van der Waals surface area contributed by atoms with Crippen LogP contribution in [0.15, 0.2) is 0 Å². The summed E-state index contributed by atoms with van der Waals surface area (Å²) in [4.78, 5) is 11.7. The third-order valence-corrected chi connectivity index (χ3v) is 2.34. The maximum atomic E-state index is 12.1. The van der Waals surface area contributed by atoms with Gasteiger partial charge in [0, 0.05) is 19.2 Å². The summed E-state index contributed by atoms with van der Waals surface area (Å²) >= 11 is 0. The van der Waals surface area contributed by atoms with Crippen molar-refractivity contribution in [3.63, 3.8) is 0 Å². The summed E-state index contributed by atoms with van der Waals surface area (Å²) in [5.74, 6) is -1.78. The molecule has 0 aromatic heterocycles. The van der Waals surface area contributed by atoms with E-state index in [0.29, 0.717) is 12.8 Å². The lowest BCUT2D eigenvalue weighted by atomic mass is 10.1. The normalized spacial score (nSPS) is 22.9. The van der Waals surface area contributed by atoms with Gasteiger partial charge in [0.1, 0.15) is 0 Å². The maximum absolute atomic E-state index is 12.1. The van der Waals surface area contributed by atoms with E-state index in [1.165, 1.54) is 0 Å². The Balaban J connectivity index is 2.62. The highest BCUT2D eigenvalue weighted by molar-refractivity contribution is 5.82. The molecule has 1 aliphatic heterocycles. The van der Waals surface area contributed by atoms with E-state index in [9.17, 15) is 18.0 Å². The Morgan fingerprint density at radius 2 is 2.14 bits per heavy atom. The van der Waals surface area contributed by atoms with Crippen molar-refractivity contribution in [3.8, 4) is 0 Å². The highest BCUT2D eigenvalue weighted by Gasteiger charge is 2.45. The number of nitrogens with zero attached hydrogens (tertiary/aromatic N) is 1. The molecular formula is C8H12F3NO2. The number of carbonyl (C=O) groups is 1. The largest absolute Gasteiger partial charge is 0.471 e. The van der Waals surface area contributed by atoms with Crippen LogP contribution in [0.1, 0.15) is 19.3 Å². The quantitative estimate of drug-likeness (QED) is 0.737. The standard InChI is InChI=1S/C8H12F3NO2/c9-8(10,11)7(14)12-4-1-2-6(12)3-5-13/h6,13H,1-5H2. The van der Waals surface area contributed by atoms with Crippen LogP contribution >= 0.6 is 0 Å². The van der Waals surface area contributed by atoms with E-state index >= 15 is 0 Å². The van der Waals surface area contributed by atoms with Crippen LogP contribution in [0.3, 0.4) is 0 Å². The van der Waals surface area contributed by atoms with Crippen molar-refractivity contribution >= 4 is 5.91 Å². The molecular weight excluding hydrogens is 199 g/mol. The molecule has 82 valence electrons. The van der Waals surface area contributed by atoms with Crippen LogP contribution in [0.25, 0.3) is 0 Å². The van der Waals surface area contributed by atoms with Gasteiger partial charge in [0.25, 0.3) is 0 Å². The predicted molar refractivity (Wildman–Crippen MR) is 42.5 cm³/mol. The van der Waals surface area contributed by atoms with Gasteiger partial charge in [-0.25, -0.2) is 0 Å². The number of likely N-dealkylation sites (tertiary alicyclic amines) is 1. The fraction of sp³-hybridized carbons (Fsp3) is 0.875. The fourth-order valence-corrected chi connectivity index (χ4v) is 1.72. The molecule has 1 atom stereocenters. The number of hydrogen-bond acceptors (Lipinski definition) is 2. The Morgan fingerprint density at radius 1 is 1.50 bits per heavy atom. The fourth-order valence-electron chi connectivity index (χ4n) is 1.72. The Hall–Kier alpha value is -0.780. The molecule has 3 nitrogen and oxygen atoms in total. The number of alkyl halides is 3. The summed E-state index contributed by atoms with van der Waals surface area (Å²) in [5.41, 5.74) is 0. The molecule has 0 saturated carbocycles. The van der Waals surface area contributed by atoms with Crippen molar-refractivity contribution < 1.29 is 23.1 Å². The lowest BCUT2D eigenvalue weighted by molar-refractivity contribution is -0.186. The lowest BCUT2D eigenvalue weighted by Crippen LogP contribution is -2.44. The summed E-state index contributed by atoms with van der Waals surface area (Å²) in [5, 5.41) is 8.61. The van der Waals surface area contributed by atoms with Crippen LogP contribution in [0.5, 0.6) is 0 Å². The minimum absolute atomic E-state index is 0.142. The minimum Gasteiger partial charge on any atom is -0.396 e. The van der Waals surface area contributed by atoms with Gasteiger partial charge in [-0.1, -0.05) is 0 Å². The molecule has 1 amide bonds. The molecule has 1 fully saturated rings. The second-order valence-electron chi connectivity index (χ2n) is 3.30. The van der Waals surface area contributed by atoms with Crippen LogP contribution in [-0.2, 0) is 4.79 Å². The summed E-state index contributed by atoms with van der Waals surface area (Å²) in [6.45, 7) is -0.0463. The molecule has 0 radical (unpaired) electrons. The van der Waals surface area contributed by atoms with E-state index in [1.807, 2.05) is 0 Å². The minimum atomic E-state index is -4.79. The van der Waals surface area contributed by atoms with Gasteiger partial charge in [-0.15, -0.1) is 0 Å². The molecule has 0 aliphatic carbocycles. The van der Waals surface area contributed by atoms with Gasteiger partial charge < -0.3 is 10.0 Å². The van der Waals surface area contributed by atoms with Gasteiger partial charge in [-0.05, 0) is 19.3 Å². The Kier molecular flexibility index (Phi) is 3.36. The zero-order valence-electron chi connectivity index (χ0n) is 7.55. The van der Waals surface area contributed by atoms with Crippen LogP contribution in [0, 0.1) is 0 Å². The number of rotatable bonds is 2. The van der Waals surface area contributed by atoms with Crippen LogP contribution in [0.4, 0.5) is 13.2 Å². The number of aliphatic hydroxyl groups excluding tert-OH is 1. The van der Waals surface area contributed by atoms with E-state index in [-0.39, 0.29) is 19.6 Å². The summed E-state index contributed by atoms with van der Waals surface area (Å²) < 4.78 is 36.2.